The zero-order valence-corrected chi connectivity index (χ0v) is 7.09. The molecule has 0 saturated heterocycles. The summed E-state index contributed by atoms with van der Waals surface area (Å²) in [6, 6.07) is 2.03. The fraction of sp³-hybridized carbons (Fsp3) is 0.750. The third-order valence-corrected chi connectivity index (χ3v) is 1.05. The lowest BCUT2D eigenvalue weighted by Crippen LogP contribution is -2.07. The maximum absolute atomic E-state index is 8.28. The third kappa shape index (κ3) is 5.84. The van der Waals surface area contributed by atoms with Gasteiger partial charge in [-0.2, -0.15) is 5.26 Å². The van der Waals surface area contributed by atoms with Crippen LogP contribution in [-0.2, 0) is 9.47 Å². The molecule has 0 aromatic carbocycles. The number of rotatable bonds is 6. The predicted molar refractivity (Wildman–Crippen MR) is 41.3 cm³/mol. The molecule has 0 aromatic heterocycles. The number of ether oxygens (including phenoxy) is 2. The molecule has 0 saturated carbocycles. The summed E-state index contributed by atoms with van der Waals surface area (Å²) >= 11 is 0. The second-order valence-electron chi connectivity index (χ2n) is 1.90. The maximum atomic E-state index is 8.28. The van der Waals surface area contributed by atoms with Crippen LogP contribution >= 0.6 is 0 Å². The van der Waals surface area contributed by atoms with Crippen molar-refractivity contribution in [1.29, 1.82) is 5.26 Å². The molecular weight excluding hydrogens is 142 g/mol. The number of nitriles is 1. The van der Waals surface area contributed by atoms with Crippen LogP contribution in [0.2, 0.25) is 0 Å². The molecule has 1 radical (unpaired) electrons. The van der Waals surface area contributed by atoms with Crippen LogP contribution in [0.4, 0.5) is 0 Å². The van der Waals surface area contributed by atoms with Crippen LogP contribution in [0.1, 0.15) is 26.7 Å². The molecule has 63 valence electrons. The minimum atomic E-state index is 0.454. The molecule has 0 fully saturated rings. The van der Waals surface area contributed by atoms with E-state index in [1.54, 1.807) is 0 Å². The van der Waals surface area contributed by atoms with E-state index in [2.05, 4.69) is 0 Å². The lowest BCUT2D eigenvalue weighted by atomic mass is 10.3. The Kier molecular flexibility index (Phi) is 7.11. The summed E-state index contributed by atoms with van der Waals surface area (Å²) in [6.07, 6.45) is 1.62. The molecule has 0 amide bonds. The van der Waals surface area contributed by atoms with Gasteiger partial charge in [-0.1, -0.05) is 0 Å². The summed E-state index contributed by atoms with van der Waals surface area (Å²) in [5.41, 5.74) is 0. The lowest BCUT2D eigenvalue weighted by molar-refractivity contribution is -0.0416. The van der Waals surface area contributed by atoms with E-state index in [-0.39, 0.29) is 0 Å². The van der Waals surface area contributed by atoms with Crippen LogP contribution in [0.5, 0.6) is 0 Å². The third-order valence-electron chi connectivity index (χ3n) is 1.05. The molecule has 3 nitrogen and oxygen atoms in total. The first-order valence-electron chi connectivity index (χ1n) is 3.83. The molecular formula is C8H14NO2. The fourth-order valence-corrected chi connectivity index (χ4v) is 0.666. The largest absolute Gasteiger partial charge is 0.346 e. The van der Waals surface area contributed by atoms with Crippen LogP contribution in [0, 0.1) is 17.6 Å². The van der Waals surface area contributed by atoms with Crippen molar-refractivity contribution in [1.82, 2.24) is 0 Å². The Bertz CT molecular complexity index is 114. The molecule has 0 spiro atoms. The van der Waals surface area contributed by atoms with Crippen molar-refractivity contribution in [2.75, 3.05) is 13.2 Å². The Labute approximate surface area is 67.9 Å². The van der Waals surface area contributed by atoms with Crippen molar-refractivity contribution in [3.8, 4) is 6.07 Å². The van der Waals surface area contributed by atoms with Crippen LogP contribution in [0.25, 0.3) is 0 Å². The monoisotopic (exact) mass is 156 g/mol. The van der Waals surface area contributed by atoms with E-state index >= 15 is 0 Å². The molecule has 0 aliphatic heterocycles. The number of hydrogen-bond acceptors (Lipinski definition) is 3. The van der Waals surface area contributed by atoms with E-state index < -0.39 is 0 Å². The van der Waals surface area contributed by atoms with Gasteiger partial charge in [0.25, 0.3) is 0 Å². The van der Waals surface area contributed by atoms with Gasteiger partial charge < -0.3 is 9.47 Å². The molecule has 0 atom stereocenters. The van der Waals surface area contributed by atoms with Crippen LogP contribution < -0.4 is 0 Å². The predicted octanol–water partition coefficient (Wildman–Crippen LogP) is 1.85. The molecule has 0 unspecified atom stereocenters. The Balaban J connectivity index is 3.44. The molecule has 0 heterocycles. The van der Waals surface area contributed by atoms with Crippen molar-refractivity contribution in [2.24, 2.45) is 0 Å². The zero-order chi connectivity index (χ0) is 8.53. The van der Waals surface area contributed by atoms with Gasteiger partial charge in [-0.15, -0.1) is 0 Å². The van der Waals surface area contributed by atoms with Gasteiger partial charge in [0.15, 0.2) is 0 Å². The summed E-state index contributed by atoms with van der Waals surface area (Å²) in [5, 5.41) is 8.28. The van der Waals surface area contributed by atoms with E-state index in [0.717, 1.165) is 0 Å². The van der Waals surface area contributed by atoms with Gasteiger partial charge in [0.1, 0.15) is 0 Å². The molecule has 0 bridgehead atoms. The van der Waals surface area contributed by atoms with Gasteiger partial charge in [-0.25, -0.2) is 0 Å². The summed E-state index contributed by atoms with van der Waals surface area (Å²) in [6.45, 7) is 4.98. The molecule has 0 rings (SSSR count). The van der Waals surface area contributed by atoms with Crippen molar-refractivity contribution >= 4 is 0 Å². The van der Waals surface area contributed by atoms with E-state index in [1.807, 2.05) is 19.9 Å². The Morgan fingerprint density at radius 2 is 1.82 bits per heavy atom. The second-order valence-corrected chi connectivity index (χ2v) is 1.90. The van der Waals surface area contributed by atoms with Crippen LogP contribution in [0.15, 0.2) is 0 Å². The van der Waals surface area contributed by atoms with E-state index in [0.29, 0.717) is 32.3 Å². The first kappa shape index (κ1) is 10.4. The molecule has 0 N–H and O–H groups in total. The standard InChI is InChI=1S/C8H14NO2/c1-3-10-8(11-4-2)6-5-7-9/h3-6H2,1-2H3. The Morgan fingerprint density at radius 1 is 1.27 bits per heavy atom. The van der Waals surface area contributed by atoms with Gasteiger partial charge in [0, 0.05) is 26.1 Å². The SMILES string of the molecule is CCO[C](CCC#N)OCC. The summed E-state index contributed by atoms with van der Waals surface area (Å²) in [5.74, 6) is 0. The van der Waals surface area contributed by atoms with Crippen molar-refractivity contribution in [2.45, 2.75) is 26.7 Å². The van der Waals surface area contributed by atoms with Crippen LogP contribution in [0.3, 0.4) is 0 Å². The van der Waals surface area contributed by atoms with E-state index in [1.165, 1.54) is 0 Å². The highest BCUT2D eigenvalue weighted by Gasteiger charge is 2.08. The van der Waals surface area contributed by atoms with Gasteiger partial charge >= 0.3 is 0 Å². The fourth-order valence-electron chi connectivity index (χ4n) is 0.666. The summed E-state index contributed by atoms with van der Waals surface area (Å²) in [4.78, 5) is 0. The zero-order valence-electron chi connectivity index (χ0n) is 7.09. The number of hydrogen-bond donors (Lipinski definition) is 0. The maximum Gasteiger partial charge on any atom is 0.224 e. The lowest BCUT2D eigenvalue weighted by Gasteiger charge is -2.12. The van der Waals surface area contributed by atoms with Crippen LogP contribution in [-0.4, -0.2) is 13.2 Å². The van der Waals surface area contributed by atoms with Gasteiger partial charge in [0.2, 0.25) is 6.29 Å². The number of nitrogens with zero attached hydrogens (tertiary/aromatic N) is 1. The molecule has 0 aliphatic rings. The summed E-state index contributed by atoms with van der Waals surface area (Å²) < 4.78 is 10.3. The van der Waals surface area contributed by atoms with Crippen molar-refractivity contribution < 1.29 is 9.47 Å². The average Bonchev–Trinajstić information content (AvgIpc) is 2.01. The molecule has 0 aliphatic carbocycles. The molecule has 0 aromatic rings. The topological polar surface area (TPSA) is 42.2 Å². The van der Waals surface area contributed by atoms with Crippen molar-refractivity contribution in [3.05, 3.63) is 6.29 Å². The van der Waals surface area contributed by atoms with Gasteiger partial charge in [-0.3, -0.25) is 0 Å². The van der Waals surface area contributed by atoms with E-state index in [9.17, 15) is 0 Å². The highest BCUT2D eigenvalue weighted by atomic mass is 16.7. The van der Waals surface area contributed by atoms with Gasteiger partial charge in [0.05, 0.1) is 6.07 Å². The second kappa shape index (κ2) is 7.52. The first-order chi connectivity index (χ1) is 5.35. The minimum Gasteiger partial charge on any atom is -0.346 e. The normalized spacial score (nSPS) is 10.0. The average molecular weight is 156 g/mol. The Morgan fingerprint density at radius 3 is 2.18 bits per heavy atom. The van der Waals surface area contributed by atoms with E-state index in [4.69, 9.17) is 14.7 Å². The van der Waals surface area contributed by atoms with Crippen molar-refractivity contribution in [3.63, 3.8) is 0 Å². The minimum absolute atomic E-state index is 0.454. The summed E-state index contributed by atoms with van der Waals surface area (Å²) in [7, 11) is 0. The molecule has 3 heteroatoms. The highest BCUT2D eigenvalue weighted by Crippen LogP contribution is 2.11. The first-order valence-corrected chi connectivity index (χ1v) is 3.83. The molecule has 11 heavy (non-hydrogen) atoms. The smallest absolute Gasteiger partial charge is 0.224 e. The quantitative estimate of drug-likeness (QED) is 0.589. The van der Waals surface area contributed by atoms with Gasteiger partial charge in [-0.05, 0) is 13.8 Å². The highest BCUT2D eigenvalue weighted by molar-refractivity contribution is 4.76. The Hall–Kier alpha value is -0.590.